The van der Waals surface area contributed by atoms with Gasteiger partial charge in [0.25, 0.3) is 0 Å². The minimum absolute atomic E-state index is 0. The van der Waals surface area contributed by atoms with Gasteiger partial charge in [0.1, 0.15) is 6.54 Å². The van der Waals surface area contributed by atoms with Crippen LogP contribution in [0, 0.1) is 0 Å². The largest absolute Gasteiger partial charge is 0.480 e. The molecule has 0 bridgehead atoms. The molecule has 0 fully saturated rings. The second-order valence-electron chi connectivity index (χ2n) is 2.50. The number of rotatable bonds is 6. The highest BCUT2D eigenvalue weighted by atomic mass is 35.5. The Bertz CT molecular complexity index is 192. The molecule has 0 rings (SSSR count). The molecule has 4 N–H and O–H groups in total. The molecule has 1 atom stereocenters. The van der Waals surface area contributed by atoms with Crippen LogP contribution in [0.25, 0.3) is 0 Å². The van der Waals surface area contributed by atoms with E-state index in [0.29, 0.717) is 6.42 Å². The van der Waals surface area contributed by atoms with Crippen molar-refractivity contribution in [1.29, 1.82) is 0 Å². The summed E-state index contributed by atoms with van der Waals surface area (Å²) >= 11 is 1.60. The summed E-state index contributed by atoms with van der Waals surface area (Å²) in [6.45, 7) is -0.369. The van der Waals surface area contributed by atoms with Crippen LogP contribution in [0.15, 0.2) is 0 Å². The van der Waals surface area contributed by atoms with Gasteiger partial charge in [-0.3, -0.25) is 9.59 Å². The van der Waals surface area contributed by atoms with Gasteiger partial charge in [-0.05, 0) is 18.4 Å². The Hall–Kier alpha value is -0.460. The predicted octanol–water partition coefficient (Wildman–Crippen LogP) is -0.311. The van der Waals surface area contributed by atoms with Crippen molar-refractivity contribution >= 4 is 36.0 Å². The molecule has 0 saturated heterocycles. The van der Waals surface area contributed by atoms with E-state index in [1.807, 2.05) is 6.26 Å². The molecule has 5 nitrogen and oxygen atoms in total. The van der Waals surface area contributed by atoms with E-state index in [0.717, 1.165) is 5.75 Å². The van der Waals surface area contributed by atoms with Crippen molar-refractivity contribution in [2.24, 2.45) is 5.73 Å². The van der Waals surface area contributed by atoms with Crippen LogP contribution in [-0.2, 0) is 9.59 Å². The van der Waals surface area contributed by atoms with Crippen LogP contribution in [0.1, 0.15) is 6.42 Å². The predicted molar refractivity (Wildman–Crippen MR) is 58.9 cm³/mol. The van der Waals surface area contributed by atoms with Gasteiger partial charge in [-0.2, -0.15) is 11.8 Å². The summed E-state index contributed by atoms with van der Waals surface area (Å²) in [6, 6.07) is -0.605. The first-order valence-electron chi connectivity index (χ1n) is 3.82. The molecular weight excluding hydrogens is 228 g/mol. The van der Waals surface area contributed by atoms with Crippen LogP contribution >= 0.6 is 24.2 Å². The molecule has 0 aliphatic heterocycles. The lowest BCUT2D eigenvalue weighted by Gasteiger charge is -2.09. The van der Waals surface area contributed by atoms with E-state index in [1.54, 1.807) is 11.8 Å². The maximum atomic E-state index is 11.0. The molecule has 84 valence electrons. The van der Waals surface area contributed by atoms with Crippen LogP contribution in [0.2, 0.25) is 0 Å². The Morgan fingerprint density at radius 2 is 2.14 bits per heavy atom. The quantitative estimate of drug-likeness (QED) is 0.594. The average Bonchev–Trinajstić information content (AvgIpc) is 2.10. The summed E-state index contributed by atoms with van der Waals surface area (Å²) in [5.74, 6) is -0.677. The summed E-state index contributed by atoms with van der Waals surface area (Å²) in [5, 5.41) is 10.5. The van der Waals surface area contributed by atoms with E-state index in [4.69, 9.17) is 10.8 Å². The average molecular weight is 243 g/mol. The van der Waals surface area contributed by atoms with Crippen molar-refractivity contribution in [2.45, 2.75) is 12.5 Å². The fourth-order valence-corrected chi connectivity index (χ4v) is 1.16. The highest BCUT2D eigenvalue weighted by Crippen LogP contribution is 1.98. The van der Waals surface area contributed by atoms with E-state index in [1.165, 1.54) is 0 Å². The maximum absolute atomic E-state index is 11.0. The molecule has 0 saturated carbocycles. The lowest BCUT2D eigenvalue weighted by atomic mass is 10.2. The standard InChI is InChI=1S/C7H14N2O3S.ClH/c1-13-3-2-5(8)7(12)9-4-6(10)11;/h5H,2-4,8H2,1H3,(H,9,12)(H,10,11);1H/t5-;/m0./s1. The number of carbonyl (C=O) groups excluding carboxylic acids is 1. The van der Waals surface area contributed by atoms with E-state index in [-0.39, 0.29) is 19.0 Å². The molecular formula is C7H15ClN2O3S. The Morgan fingerprint density at radius 3 is 2.57 bits per heavy atom. The highest BCUT2D eigenvalue weighted by Gasteiger charge is 2.12. The van der Waals surface area contributed by atoms with Gasteiger partial charge in [-0.15, -0.1) is 12.4 Å². The summed E-state index contributed by atoms with van der Waals surface area (Å²) in [6.07, 6.45) is 2.48. The Labute approximate surface area is 93.2 Å². The van der Waals surface area contributed by atoms with E-state index in [9.17, 15) is 9.59 Å². The Morgan fingerprint density at radius 1 is 1.57 bits per heavy atom. The van der Waals surface area contributed by atoms with Gasteiger partial charge in [0.2, 0.25) is 5.91 Å². The molecule has 0 aromatic rings. The molecule has 0 unspecified atom stereocenters. The summed E-state index contributed by atoms with van der Waals surface area (Å²) in [5.41, 5.74) is 5.47. The monoisotopic (exact) mass is 242 g/mol. The number of aliphatic carboxylic acids is 1. The number of halogens is 1. The van der Waals surface area contributed by atoms with Crippen LogP contribution in [0.4, 0.5) is 0 Å². The van der Waals surface area contributed by atoms with Crippen molar-refractivity contribution < 1.29 is 14.7 Å². The second-order valence-corrected chi connectivity index (χ2v) is 3.49. The fourth-order valence-electron chi connectivity index (χ4n) is 0.670. The van der Waals surface area contributed by atoms with Gasteiger partial charge in [-0.25, -0.2) is 0 Å². The van der Waals surface area contributed by atoms with Crippen molar-refractivity contribution in [1.82, 2.24) is 5.32 Å². The first-order chi connectivity index (χ1) is 6.07. The number of carboxylic acid groups (broad SMARTS) is 1. The van der Waals surface area contributed by atoms with Crippen LogP contribution < -0.4 is 11.1 Å². The third-order valence-corrected chi connectivity index (χ3v) is 2.03. The number of carbonyl (C=O) groups is 2. The Balaban J connectivity index is 0. The SMILES string of the molecule is CSCC[C@H](N)C(=O)NCC(=O)O.Cl. The number of nitrogens with two attached hydrogens (primary N) is 1. The number of nitrogens with one attached hydrogen (secondary N) is 1. The first-order valence-corrected chi connectivity index (χ1v) is 5.21. The minimum Gasteiger partial charge on any atom is -0.480 e. The van der Waals surface area contributed by atoms with E-state index >= 15 is 0 Å². The van der Waals surface area contributed by atoms with E-state index < -0.39 is 17.9 Å². The van der Waals surface area contributed by atoms with Gasteiger partial charge in [-0.1, -0.05) is 0 Å². The minimum atomic E-state index is -1.06. The summed E-state index contributed by atoms with van der Waals surface area (Å²) < 4.78 is 0. The third-order valence-electron chi connectivity index (χ3n) is 1.38. The van der Waals surface area contributed by atoms with Crippen LogP contribution in [0.5, 0.6) is 0 Å². The molecule has 0 radical (unpaired) electrons. The van der Waals surface area contributed by atoms with Crippen molar-refractivity contribution in [3.05, 3.63) is 0 Å². The van der Waals surface area contributed by atoms with Crippen molar-refractivity contribution in [3.63, 3.8) is 0 Å². The topological polar surface area (TPSA) is 92.4 Å². The molecule has 0 spiro atoms. The van der Waals surface area contributed by atoms with Gasteiger partial charge in [0.05, 0.1) is 6.04 Å². The van der Waals surface area contributed by atoms with Gasteiger partial charge >= 0.3 is 5.97 Å². The molecule has 0 aromatic heterocycles. The zero-order valence-electron chi connectivity index (χ0n) is 7.86. The van der Waals surface area contributed by atoms with Gasteiger partial charge in [0, 0.05) is 0 Å². The van der Waals surface area contributed by atoms with E-state index in [2.05, 4.69) is 5.32 Å². The number of amides is 1. The third kappa shape index (κ3) is 8.15. The van der Waals surface area contributed by atoms with Gasteiger partial charge < -0.3 is 16.2 Å². The zero-order valence-corrected chi connectivity index (χ0v) is 9.49. The molecule has 1 amide bonds. The lowest BCUT2D eigenvalue weighted by Crippen LogP contribution is -2.42. The summed E-state index contributed by atoms with van der Waals surface area (Å²) in [4.78, 5) is 21.1. The molecule has 14 heavy (non-hydrogen) atoms. The maximum Gasteiger partial charge on any atom is 0.322 e. The molecule has 0 aliphatic carbocycles. The second kappa shape index (κ2) is 9.11. The number of thioether (sulfide) groups is 1. The number of hydrogen-bond acceptors (Lipinski definition) is 4. The molecule has 0 aliphatic rings. The van der Waals surface area contributed by atoms with Gasteiger partial charge in [0.15, 0.2) is 0 Å². The van der Waals surface area contributed by atoms with Crippen LogP contribution in [0.3, 0.4) is 0 Å². The molecule has 7 heteroatoms. The van der Waals surface area contributed by atoms with Crippen molar-refractivity contribution in [2.75, 3.05) is 18.6 Å². The van der Waals surface area contributed by atoms with Crippen LogP contribution in [-0.4, -0.2) is 41.6 Å². The molecule has 0 heterocycles. The highest BCUT2D eigenvalue weighted by molar-refractivity contribution is 7.98. The Kier molecular flexibility index (Phi) is 10.4. The fraction of sp³-hybridized carbons (Fsp3) is 0.714. The zero-order chi connectivity index (χ0) is 10.3. The lowest BCUT2D eigenvalue weighted by molar-refractivity contribution is -0.138. The smallest absolute Gasteiger partial charge is 0.322 e. The first kappa shape index (κ1) is 16.0. The number of hydrogen-bond donors (Lipinski definition) is 3. The molecule has 0 aromatic carbocycles. The normalized spacial score (nSPS) is 11.3. The van der Waals surface area contributed by atoms with Crippen molar-refractivity contribution in [3.8, 4) is 0 Å². The summed E-state index contributed by atoms with van der Waals surface area (Å²) in [7, 11) is 0. The number of carboxylic acids is 1.